The number of ether oxygens (including phenoxy) is 1. The number of aliphatic hydroxyl groups excluding tert-OH is 1. The number of carbonyl (C=O) groups excluding carboxylic acids is 1. The summed E-state index contributed by atoms with van der Waals surface area (Å²) in [7, 11) is 3.45. The van der Waals surface area contributed by atoms with Gasteiger partial charge in [-0.05, 0) is 43.4 Å². The molecule has 1 fully saturated rings. The van der Waals surface area contributed by atoms with Crippen LogP contribution in [0.5, 0.6) is 5.75 Å². The minimum absolute atomic E-state index is 0.0804. The van der Waals surface area contributed by atoms with Crippen LogP contribution in [0.3, 0.4) is 0 Å². The summed E-state index contributed by atoms with van der Waals surface area (Å²) in [5.74, 6) is 1.09. The first kappa shape index (κ1) is 17.6. The highest BCUT2D eigenvalue weighted by Crippen LogP contribution is 2.26. The van der Waals surface area contributed by atoms with Gasteiger partial charge in [0.05, 0.1) is 13.2 Å². The van der Waals surface area contributed by atoms with Crippen LogP contribution in [0.25, 0.3) is 0 Å². The minimum Gasteiger partial charge on any atom is -0.496 e. The van der Waals surface area contributed by atoms with E-state index in [9.17, 15) is 9.90 Å². The van der Waals surface area contributed by atoms with Crippen LogP contribution in [-0.2, 0) is 6.42 Å². The Balaban J connectivity index is 1.75. The number of rotatable bonds is 6. The Labute approximate surface area is 138 Å². The molecule has 2 N–H and O–H groups in total. The summed E-state index contributed by atoms with van der Waals surface area (Å²) >= 11 is 0. The van der Waals surface area contributed by atoms with Crippen molar-refractivity contribution in [1.82, 2.24) is 10.2 Å². The van der Waals surface area contributed by atoms with Crippen LogP contribution in [0.15, 0.2) is 18.2 Å². The molecule has 2 rings (SSSR count). The van der Waals surface area contributed by atoms with Gasteiger partial charge in [-0.1, -0.05) is 18.6 Å². The smallest absolute Gasteiger partial charge is 0.317 e. The molecule has 23 heavy (non-hydrogen) atoms. The van der Waals surface area contributed by atoms with E-state index in [-0.39, 0.29) is 18.1 Å². The SMILES string of the molecule is COc1cc(CCNC(=O)N(C)CC2CCCC2O)ccc1C. The summed E-state index contributed by atoms with van der Waals surface area (Å²) in [5.41, 5.74) is 2.25. The number of nitrogens with zero attached hydrogens (tertiary/aromatic N) is 1. The lowest BCUT2D eigenvalue weighted by molar-refractivity contribution is 0.114. The third kappa shape index (κ3) is 4.86. The molecule has 0 spiro atoms. The molecule has 0 heterocycles. The molecule has 2 amide bonds. The van der Waals surface area contributed by atoms with Crippen LogP contribution >= 0.6 is 0 Å². The van der Waals surface area contributed by atoms with Crippen LogP contribution < -0.4 is 10.1 Å². The van der Waals surface area contributed by atoms with Crippen molar-refractivity contribution >= 4 is 6.03 Å². The topological polar surface area (TPSA) is 61.8 Å². The Morgan fingerprint density at radius 2 is 2.22 bits per heavy atom. The molecule has 0 radical (unpaired) electrons. The number of benzene rings is 1. The Hall–Kier alpha value is -1.75. The first-order valence-corrected chi connectivity index (χ1v) is 8.31. The number of hydrogen-bond acceptors (Lipinski definition) is 3. The van der Waals surface area contributed by atoms with Crippen molar-refractivity contribution in [2.24, 2.45) is 5.92 Å². The zero-order valence-corrected chi connectivity index (χ0v) is 14.3. The van der Waals surface area contributed by atoms with E-state index < -0.39 is 0 Å². The molecule has 0 saturated heterocycles. The highest BCUT2D eigenvalue weighted by atomic mass is 16.5. The average Bonchev–Trinajstić information content (AvgIpc) is 2.93. The third-order valence-electron chi connectivity index (χ3n) is 4.64. The number of aryl methyl sites for hydroxylation is 1. The van der Waals surface area contributed by atoms with Crippen molar-refractivity contribution in [1.29, 1.82) is 0 Å². The van der Waals surface area contributed by atoms with Crippen LogP contribution in [0.4, 0.5) is 4.79 Å². The van der Waals surface area contributed by atoms with E-state index >= 15 is 0 Å². The summed E-state index contributed by atoms with van der Waals surface area (Å²) in [6.07, 6.45) is 3.42. The second-order valence-electron chi connectivity index (χ2n) is 6.42. The number of nitrogens with one attached hydrogen (secondary N) is 1. The summed E-state index contributed by atoms with van der Waals surface area (Å²) in [6.45, 7) is 3.21. The number of hydrogen-bond donors (Lipinski definition) is 2. The second-order valence-corrected chi connectivity index (χ2v) is 6.42. The molecule has 128 valence electrons. The predicted molar refractivity (Wildman–Crippen MR) is 90.8 cm³/mol. The molecule has 1 aromatic carbocycles. The van der Waals surface area contributed by atoms with Crippen LogP contribution in [-0.4, -0.2) is 49.4 Å². The van der Waals surface area contributed by atoms with E-state index in [1.807, 2.05) is 19.1 Å². The molecule has 1 aliphatic rings. The normalized spacial score (nSPS) is 20.3. The Kier molecular flexibility index (Phi) is 6.28. The Morgan fingerprint density at radius 1 is 1.43 bits per heavy atom. The monoisotopic (exact) mass is 320 g/mol. The molecule has 0 aliphatic heterocycles. The lowest BCUT2D eigenvalue weighted by Gasteiger charge is -2.23. The number of methoxy groups -OCH3 is 1. The van der Waals surface area contributed by atoms with Gasteiger partial charge in [0, 0.05) is 26.1 Å². The van der Waals surface area contributed by atoms with Crippen molar-refractivity contribution in [3.05, 3.63) is 29.3 Å². The van der Waals surface area contributed by atoms with Crippen LogP contribution in [0, 0.1) is 12.8 Å². The highest BCUT2D eigenvalue weighted by molar-refractivity contribution is 5.73. The molecule has 0 bridgehead atoms. The van der Waals surface area contributed by atoms with E-state index in [4.69, 9.17) is 4.74 Å². The third-order valence-corrected chi connectivity index (χ3v) is 4.64. The van der Waals surface area contributed by atoms with E-state index in [1.54, 1.807) is 19.1 Å². The van der Waals surface area contributed by atoms with Crippen molar-refractivity contribution in [3.63, 3.8) is 0 Å². The predicted octanol–water partition coefficient (Wildman–Crippen LogP) is 2.35. The number of urea groups is 1. The molecule has 0 aromatic heterocycles. The van der Waals surface area contributed by atoms with Crippen molar-refractivity contribution in [3.8, 4) is 5.75 Å². The maximum Gasteiger partial charge on any atom is 0.317 e. The molecule has 2 unspecified atom stereocenters. The Morgan fingerprint density at radius 3 is 2.87 bits per heavy atom. The molecule has 5 nitrogen and oxygen atoms in total. The van der Waals surface area contributed by atoms with Gasteiger partial charge in [-0.25, -0.2) is 4.79 Å². The first-order chi connectivity index (χ1) is 11.0. The van der Waals surface area contributed by atoms with Crippen LogP contribution in [0.1, 0.15) is 30.4 Å². The van der Waals surface area contributed by atoms with Gasteiger partial charge in [0.15, 0.2) is 0 Å². The van der Waals surface area contributed by atoms with Gasteiger partial charge >= 0.3 is 6.03 Å². The van der Waals surface area contributed by atoms with Gasteiger partial charge in [-0.3, -0.25) is 0 Å². The van der Waals surface area contributed by atoms with E-state index in [1.165, 1.54) is 0 Å². The molecular formula is C18H28N2O3. The molecule has 1 saturated carbocycles. The first-order valence-electron chi connectivity index (χ1n) is 8.31. The summed E-state index contributed by atoms with van der Waals surface area (Å²) in [5, 5.41) is 12.8. The lowest BCUT2D eigenvalue weighted by atomic mass is 10.1. The molecule has 5 heteroatoms. The van der Waals surface area contributed by atoms with Gasteiger partial charge in [-0.2, -0.15) is 0 Å². The fourth-order valence-electron chi connectivity index (χ4n) is 3.13. The van der Waals surface area contributed by atoms with E-state index in [0.717, 1.165) is 42.6 Å². The summed E-state index contributed by atoms with van der Waals surface area (Å²) in [6, 6.07) is 6.02. The van der Waals surface area contributed by atoms with Crippen molar-refractivity contribution in [2.45, 2.75) is 38.7 Å². The standard InChI is InChI=1S/C18H28N2O3/c1-13-7-8-14(11-17(13)23-3)9-10-19-18(22)20(2)12-15-5-4-6-16(15)21/h7-8,11,15-16,21H,4-6,9-10,12H2,1-3H3,(H,19,22). The molecule has 1 aliphatic carbocycles. The quantitative estimate of drug-likeness (QED) is 0.846. The van der Waals surface area contributed by atoms with Gasteiger partial charge in [0.25, 0.3) is 0 Å². The maximum atomic E-state index is 12.1. The van der Waals surface area contributed by atoms with Gasteiger partial charge in [0.2, 0.25) is 0 Å². The van der Waals surface area contributed by atoms with Crippen molar-refractivity contribution < 1.29 is 14.6 Å². The van der Waals surface area contributed by atoms with Gasteiger partial charge < -0.3 is 20.1 Å². The zero-order valence-electron chi connectivity index (χ0n) is 14.3. The highest BCUT2D eigenvalue weighted by Gasteiger charge is 2.27. The van der Waals surface area contributed by atoms with Crippen molar-refractivity contribution in [2.75, 3.05) is 27.2 Å². The van der Waals surface area contributed by atoms with E-state index in [2.05, 4.69) is 11.4 Å². The summed E-state index contributed by atoms with van der Waals surface area (Å²) in [4.78, 5) is 13.8. The number of amides is 2. The lowest BCUT2D eigenvalue weighted by Crippen LogP contribution is -2.41. The second kappa shape index (κ2) is 8.20. The van der Waals surface area contributed by atoms with Crippen LogP contribution in [0.2, 0.25) is 0 Å². The van der Waals surface area contributed by atoms with Gasteiger partial charge in [-0.15, -0.1) is 0 Å². The minimum atomic E-state index is -0.259. The Bertz CT molecular complexity index is 533. The zero-order chi connectivity index (χ0) is 16.8. The summed E-state index contributed by atoms with van der Waals surface area (Å²) < 4.78 is 5.32. The fraction of sp³-hybridized carbons (Fsp3) is 0.611. The average molecular weight is 320 g/mol. The van der Waals surface area contributed by atoms with E-state index in [0.29, 0.717) is 13.1 Å². The van der Waals surface area contributed by atoms with Gasteiger partial charge in [0.1, 0.15) is 5.75 Å². The molecule has 1 aromatic rings. The molecular weight excluding hydrogens is 292 g/mol. The fourth-order valence-corrected chi connectivity index (χ4v) is 3.13. The maximum absolute atomic E-state index is 12.1. The molecule has 2 atom stereocenters. The number of aliphatic hydroxyl groups is 1. The number of carbonyl (C=O) groups is 1. The largest absolute Gasteiger partial charge is 0.496 e.